The van der Waals surface area contributed by atoms with Gasteiger partial charge in [-0.05, 0) is 39.2 Å². The van der Waals surface area contributed by atoms with Gasteiger partial charge in [0, 0.05) is 12.6 Å². The maximum absolute atomic E-state index is 12.0. The molecule has 0 aliphatic rings. The monoisotopic (exact) mass is 276 g/mol. The van der Waals surface area contributed by atoms with E-state index in [1.54, 1.807) is 0 Å². The molecule has 3 nitrogen and oxygen atoms in total. The average molecular weight is 276 g/mol. The van der Waals surface area contributed by atoms with Crippen LogP contribution in [0.4, 0.5) is 0 Å². The summed E-state index contributed by atoms with van der Waals surface area (Å²) in [4.78, 5) is 12.0. The Morgan fingerprint density at radius 1 is 1.05 bits per heavy atom. The Bertz CT molecular complexity index is 434. The third kappa shape index (κ3) is 5.33. The Morgan fingerprint density at radius 3 is 2.10 bits per heavy atom. The average Bonchev–Trinajstić information content (AvgIpc) is 2.34. The van der Waals surface area contributed by atoms with Crippen LogP contribution in [0.1, 0.15) is 50.4 Å². The number of carbonyl (C=O) groups is 1. The molecule has 0 heterocycles. The van der Waals surface area contributed by atoms with Crippen molar-refractivity contribution in [2.75, 3.05) is 6.54 Å². The SMILES string of the molecule is Cc1cc(C)cc(C(C)NC(C)C(=O)NCC(C)C)c1. The first kappa shape index (κ1) is 16.7. The van der Waals surface area contributed by atoms with Gasteiger partial charge in [-0.2, -0.15) is 0 Å². The lowest BCUT2D eigenvalue weighted by Crippen LogP contribution is -2.44. The normalized spacial score (nSPS) is 14.2. The van der Waals surface area contributed by atoms with Crippen molar-refractivity contribution in [3.63, 3.8) is 0 Å². The zero-order valence-corrected chi connectivity index (χ0v) is 13.6. The predicted molar refractivity (Wildman–Crippen MR) is 84.8 cm³/mol. The largest absolute Gasteiger partial charge is 0.354 e. The number of hydrogen-bond donors (Lipinski definition) is 2. The summed E-state index contributed by atoms with van der Waals surface area (Å²) in [6.45, 7) is 13.1. The Balaban J connectivity index is 2.60. The second kappa shape index (κ2) is 7.44. The molecule has 0 spiro atoms. The highest BCUT2D eigenvalue weighted by Gasteiger charge is 2.16. The van der Waals surface area contributed by atoms with Crippen molar-refractivity contribution >= 4 is 5.91 Å². The molecule has 0 aromatic heterocycles. The quantitative estimate of drug-likeness (QED) is 0.838. The van der Waals surface area contributed by atoms with Gasteiger partial charge >= 0.3 is 0 Å². The number of amides is 1. The van der Waals surface area contributed by atoms with Gasteiger partial charge in [-0.3, -0.25) is 10.1 Å². The van der Waals surface area contributed by atoms with Gasteiger partial charge in [-0.15, -0.1) is 0 Å². The fourth-order valence-electron chi connectivity index (χ4n) is 2.26. The van der Waals surface area contributed by atoms with E-state index >= 15 is 0 Å². The van der Waals surface area contributed by atoms with Gasteiger partial charge in [0.2, 0.25) is 5.91 Å². The Kier molecular flexibility index (Phi) is 6.21. The predicted octanol–water partition coefficient (Wildman–Crippen LogP) is 3.11. The molecule has 1 aromatic carbocycles. The van der Waals surface area contributed by atoms with E-state index in [9.17, 15) is 4.79 Å². The molecular formula is C17H28N2O. The number of aryl methyl sites for hydroxylation is 2. The summed E-state index contributed by atoms with van der Waals surface area (Å²) in [6, 6.07) is 6.47. The van der Waals surface area contributed by atoms with Crippen molar-refractivity contribution in [2.45, 2.75) is 53.6 Å². The molecule has 2 atom stereocenters. The van der Waals surface area contributed by atoms with Crippen LogP contribution in [0, 0.1) is 19.8 Å². The highest BCUT2D eigenvalue weighted by Crippen LogP contribution is 2.17. The summed E-state index contributed by atoms with van der Waals surface area (Å²) in [6.07, 6.45) is 0. The molecule has 1 amide bonds. The van der Waals surface area contributed by atoms with E-state index in [1.807, 2.05) is 6.92 Å². The van der Waals surface area contributed by atoms with Crippen LogP contribution in [-0.4, -0.2) is 18.5 Å². The van der Waals surface area contributed by atoms with Crippen LogP contribution in [0.3, 0.4) is 0 Å². The maximum atomic E-state index is 12.0. The minimum Gasteiger partial charge on any atom is -0.354 e. The molecule has 20 heavy (non-hydrogen) atoms. The summed E-state index contributed by atoms with van der Waals surface area (Å²) in [5.74, 6) is 0.540. The minimum absolute atomic E-state index is 0.0647. The van der Waals surface area contributed by atoms with Crippen LogP contribution >= 0.6 is 0 Å². The van der Waals surface area contributed by atoms with Gasteiger partial charge in [-0.1, -0.05) is 43.2 Å². The van der Waals surface area contributed by atoms with Crippen molar-refractivity contribution < 1.29 is 4.79 Å². The molecule has 0 radical (unpaired) electrons. The van der Waals surface area contributed by atoms with Crippen molar-refractivity contribution in [3.8, 4) is 0 Å². The first-order chi connectivity index (χ1) is 9.29. The van der Waals surface area contributed by atoms with Gasteiger partial charge < -0.3 is 5.32 Å². The third-order valence-corrected chi connectivity index (χ3v) is 3.32. The molecule has 0 bridgehead atoms. The molecular weight excluding hydrogens is 248 g/mol. The Morgan fingerprint density at radius 2 is 1.60 bits per heavy atom. The molecule has 0 fully saturated rings. The number of benzene rings is 1. The molecule has 0 saturated carbocycles. The van der Waals surface area contributed by atoms with E-state index in [-0.39, 0.29) is 18.0 Å². The second-order valence-electron chi connectivity index (χ2n) is 6.17. The van der Waals surface area contributed by atoms with Crippen LogP contribution in [0.25, 0.3) is 0 Å². The zero-order chi connectivity index (χ0) is 15.3. The van der Waals surface area contributed by atoms with Gasteiger partial charge in [0.25, 0.3) is 0 Å². The highest BCUT2D eigenvalue weighted by atomic mass is 16.2. The lowest BCUT2D eigenvalue weighted by molar-refractivity contribution is -0.123. The van der Waals surface area contributed by atoms with Crippen LogP contribution in [0.15, 0.2) is 18.2 Å². The molecule has 0 saturated heterocycles. The molecule has 0 aliphatic heterocycles. The molecule has 3 heteroatoms. The lowest BCUT2D eigenvalue weighted by Gasteiger charge is -2.21. The number of nitrogens with one attached hydrogen (secondary N) is 2. The van der Waals surface area contributed by atoms with E-state index in [0.717, 1.165) is 6.54 Å². The highest BCUT2D eigenvalue weighted by molar-refractivity contribution is 5.81. The summed E-state index contributed by atoms with van der Waals surface area (Å²) in [5.41, 5.74) is 3.74. The van der Waals surface area contributed by atoms with Crippen LogP contribution in [0.2, 0.25) is 0 Å². The van der Waals surface area contributed by atoms with Gasteiger partial charge in [0.1, 0.15) is 0 Å². The van der Waals surface area contributed by atoms with E-state index in [4.69, 9.17) is 0 Å². The number of hydrogen-bond acceptors (Lipinski definition) is 2. The fraction of sp³-hybridized carbons (Fsp3) is 0.588. The topological polar surface area (TPSA) is 41.1 Å². The summed E-state index contributed by atoms with van der Waals surface area (Å²) >= 11 is 0. The van der Waals surface area contributed by atoms with E-state index in [2.05, 4.69) is 63.5 Å². The molecule has 2 N–H and O–H groups in total. The standard InChI is InChI=1S/C17H28N2O/c1-11(2)10-18-17(20)15(6)19-14(5)16-8-12(3)7-13(4)9-16/h7-9,11,14-15,19H,10H2,1-6H3,(H,18,20). The number of carbonyl (C=O) groups excluding carboxylic acids is 1. The molecule has 2 unspecified atom stereocenters. The zero-order valence-electron chi connectivity index (χ0n) is 13.6. The van der Waals surface area contributed by atoms with Gasteiger partial charge in [0.05, 0.1) is 6.04 Å². The first-order valence-corrected chi connectivity index (χ1v) is 7.41. The minimum atomic E-state index is -0.190. The van der Waals surface area contributed by atoms with Crippen molar-refractivity contribution in [3.05, 3.63) is 34.9 Å². The summed E-state index contributed by atoms with van der Waals surface area (Å²) in [7, 11) is 0. The van der Waals surface area contributed by atoms with E-state index in [0.29, 0.717) is 5.92 Å². The lowest BCUT2D eigenvalue weighted by atomic mass is 10.0. The first-order valence-electron chi connectivity index (χ1n) is 7.41. The van der Waals surface area contributed by atoms with Crippen molar-refractivity contribution in [1.82, 2.24) is 10.6 Å². The van der Waals surface area contributed by atoms with Crippen LogP contribution < -0.4 is 10.6 Å². The summed E-state index contributed by atoms with van der Waals surface area (Å²) < 4.78 is 0. The number of rotatable bonds is 6. The fourth-order valence-corrected chi connectivity index (χ4v) is 2.26. The Hall–Kier alpha value is -1.35. The third-order valence-electron chi connectivity index (χ3n) is 3.32. The van der Waals surface area contributed by atoms with Crippen LogP contribution in [-0.2, 0) is 4.79 Å². The molecule has 112 valence electrons. The van der Waals surface area contributed by atoms with Gasteiger partial charge in [-0.25, -0.2) is 0 Å². The van der Waals surface area contributed by atoms with Crippen molar-refractivity contribution in [2.24, 2.45) is 5.92 Å². The Labute approximate surface area is 123 Å². The van der Waals surface area contributed by atoms with Crippen LogP contribution in [0.5, 0.6) is 0 Å². The molecule has 1 rings (SSSR count). The van der Waals surface area contributed by atoms with E-state index < -0.39 is 0 Å². The van der Waals surface area contributed by atoms with E-state index in [1.165, 1.54) is 16.7 Å². The van der Waals surface area contributed by atoms with Gasteiger partial charge in [0.15, 0.2) is 0 Å². The van der Waals surface area contributed by atoms with Crippen molar-refractivity contribution in [1.29, 1.82) is 0 Å². The smallest absolute Gasteiger partial charge is 0.236 e. The summed E-state index contributed by atoms with van der Waals surface area (Å²) in [5, 5.41) is 6.32. The molecule has 0 aliphatic carbocycles. The molecule has 1 aromatic rings. The maximum Gasteiger partial charge on any atom is 0.236 e. The second-order valence-corrected chi connectivity index (χ2v) is 6.17.